The molecule has 146 valence electrons. The second-order valence-corrected chi connectivity index (χ2v) is 8.25. The van der Waals surface area contributed by atoms with Crippen molar-refractivity contribution in [2.24, 2.45) is 0 Å². The van der Waals surface area contributed by atoms with Gasteiger partial charge in [-0.15, -0.1) is 0 Å². The molecule has 7 nitrogen and oxygen atoms in total. The molecule has 28 heavy (non-hydrogen) atoms. The van der Waals surface area contributed by atoms with Gasteiger partial charge in [0.25, 0.3) is 5.56 Å². The normalized spacial score (nSPS) is 21.1. The van der Waals surface area contributed by atoms with E-state index in [1.807, 2.05) is 25.2 Å². The molecule has 0 radical (unpaired) electrons. The SMILES string of the molecule is CN1CCc2c(nc(N3CCC4(CC3)C(=O)N(C)c3ccccc34)[nH]c2=O)C1. The van der Waals surface area contributed by atoms with E-state index in [0.717, 1.165) is 48.3 Å². The molecule has 0 aliphatic carbocycles. The molecule has 1 N–H and O–H groups in total. The van der Waals surface area contributed by atoms with E-state index in [2.05, 4.69) is 27.9 Å². The zero-order valence-corrected chi connectivity index (χ0v) is 16.4. The Labute approximate surface area is 164 Å². The highest BCUT2D eigenvalue weighted by molar-refractivity contribution is 6.07. The third kappa shape index (κ3) is 2.42. The lowest BCUT2D eigenvalue weighted by molar-refractivity contribution is -0.123. The summed E-state index contributed by atoms with van der Waals surface area (Å²) in [6.45, 7) is 3.00. The van der Waals surface area contributed by atoms with E-state index in [9.17, 15) is 9.59 Å². The standard InChI is InChI=1S/C21H25N5O2/c1-24-10-7-14-16(13-24)22-20(23-18(14)27)26-11-8-21(9-12-26)15-5-3-4-6-17(15)25(2)19(21)28/h3-6H,7-13H2,1-2H3,(H,22,23,27). The molecule has 1 saturated heterocycles. The maximum absolute atomic E-state index is 13.1. The molecule has 0 atom stereocenters. The van der Waals surface area contributed by atoms with Gasteiger partial charge in [-0.3, -0.25) is 14.6 Å². The number of nitrogens with one attached hydrogen (secondary N) is 1. The molecular formula is C21H25N5O2. The number of para-hydroxylation sites is 1. The van der Waals surface area contributed by atoms with Gasteiger partial charge in [0.05, 0.1) is 11.1 Å². The molecule has 3 aliphatic heterocycles. The van der Waals surface area contributed by atoms with Crippen LogP contribution in [0.1, 0.15) is 29.7 Å². The summed E-state index contributed by atoms with van der Waals surface area (Å²) in [6.07, 6.45) is 2.21. The molecule has 4 heterocycles. The van der Waals surface area contributed by atoms with E-state index < -0.39 is 5.41 Å². The largest absolute Gasteiger partial charge is 0.342 e. The van der Waals surface area contributed by atoms with E-state index in [4.69, 9.17) is 4.98 Å². The zero-order valence-electron chi connectivity index (χ0n) is 16.4. The second kappa shape index (κ2) is 6.17. The molecule has 1 spiro atoms. The van der Waals surface area contributed by atoms with Crippen molar-refractivity contribution < 1.29 is 4.79 Å². The molecule has 1 aromatic carbocycles. The number of nitrogens with zero attached hydrogens (tertiary/aromatic N) is 4. The zero-order chi connectivity index (χ0) is 19.5. The van der Waals surface area contributed by atoms with Gasteiger partial charge in [0.15, 0.2) is 0 Å². The number of H-pyrrole nitrogens is 1. The van der Waals surface area contributed by atoms with Gasteiger partial charge in [-0.25, -0.2) is 4.98 Å². The first-order valence-electron chi connectivity index (χ1n) is 9.93. The number of aromatic nitrogens is 2. The minimum absolute atomic E-state index is 0.0181. The van der Waals surface area contributed by atoms with Crippen LogP contribution in [0.3, 0.4) is 0 Å². The molecule has 5 rings (SSSR count). The fourth-order valence-electron chi connectivity index (χ4n) is 5.01. The topological polar surface area (TPSA) is 72.5 Å². The fourth-order valence-corrected chi connectivity index (χ4v) is 5.01. The molecule has 3 aliphatic rings. The number of carbonyl (C=O) groups excluding carboxylic acids is 1. The van der Waals surface area contributed by atoms with Crippen molar-refractivity contribution in [3.63, 3.8) is 0 Å². The van der Waals surface area contributed by atoms with Crippen LogP contribution in [-0.4, -0.2) is 54.5 Å². The average molecular weight is 379 g/mol. The number of amides is 1. The van der Waals surface area contributed by atoms with Crippen molar-refractivity contribution in [2.75, 3.05) is 43.5 Å². The Bertz CT molecular complexity index is 1010. The summed E-state index contributed by atoms with van der Waals surface area (Å²) in [5, 5.41) is 0. The van der Waals surface area contributed by atoms with Gasteiger partial charge in [0, 0.05) is 44.5 Å². The summed E-state index contributed by atoms with van der Waals surface area (Å²) >= 11 is 0. The maximum Gasteiger partial charge on any atom is 0.255 e. The van der Waals surface area contributed by atoms with Crippen molar-refractivity contribution in [3.05, 3.63) is 51.4 Å². The van der Waals surface area contributed by atoms with Crippen LogP contribution in [0.4, 0.5) is 11.6 Å². The Morgan fingerprint density at radius 2 is 1.82 bits per heavy atom. The lowest BCUT2D eigenvalue weighted by Gasteiger charge is -2.38. The number of rotatable bonds is 1. The van der Waals surface area contributed by atoms with E-state index in [0.29, 0.717) is 25.6 Å². The van der Waals surface area contributed by atoms with Gasteiger partial charge in [-0.05, 0) is 37.9 Å². The molecule has 0 bridgehead atoms. The van der Waals surface area contributed by atoms with Crippen LogP contribution in [0.25, 0.3) is 0 Å². The third-order valence-electron chi connectivity index (χ3n) is 6.66. The summed E-state index contributed by atoms with van der Waals surface area (Å²) in [4.78, 5) is 39.5. The Balaban J connectivity index is 1.43. The smallest absolute Gasteiger partial charge is 0.255 e. The molecule has 7 heteroatoms. The van der Waals surface area contributed by atoms with Crippen LogP contribution in [0.15, 0.2) is 29.1 Å². The minimum atomic E-state index is -0.448. The molecule has 1 amide bonds. The molecule has 0 saturated carbocycles. The number of piperidine rings is 1. The number of aromatic amines is 1. The summed E-state index contributed by atoms with van der Waals surface area (Å²) < 4.78 is 0. The van der Waals surface area contributed by atoms with Gasteiger partial charge in [0.2, 0.25) is 11.9 Å². The van der Waals surface area contributed by atoms with Crippen molar-refractivity contribution in [2.45, 2.75) is 31.2 Å². The van der Waals surface area contributed by atoms with Crippen molar-refractivity contribution >= 4 is 17.5 Å². The van der Waals surface area contributed by atoms with Gasteiger partial charge in [-0.2, -0.15) is 0 Å². The summed E-state index contributed by atoms with van der Waals surface area (Å²) in [5.74, 6) is 0.822. The quantitative estimate of drug-likeness (QED) is 0.808. The van der Waals surface area contributed by atoms with E-state index in [1.165, 1.54) is 0 Å². The van der Waals surface area contributed by atoms with Gasteiger partial charge in [0.1, 0.15) is 0 Å². The Kier molecular flexibility index (Phi) is 3.84. The lowest BCUT2D eigenvalue weighted by Crippen LogP contribution is -2.49. The van der Waals surface area contributed by atoms with Gasteiger partial charge in [-0.1, -0.05) is 18.2 Å². The van der Waals surface area contributed by atoms with Crippen LogP contribution in [0.5, 0.6) is 0 Å². The predicted molar refractivity (Wildman–Crippen MR) is 108 cm³/mol. The third-order valence-corrected chi connectivity index (χ3v) is 6.66. The highest BCUT2D eigenvalue weighted by Crippen LogP contribution is 2.47. The van der Waals surface area contributed by atoms with Crippen LogP contribution >= 0.6 is 0 Å². The van der Waals surface area contributed by atoms with Crippen molar-refractivity contribution in [3.8, 4) is 0 Å². The summed E-state index contributed by atoms with van der Waals surface area (Å²) in [5.41, 5.74) is 3.39. The Morgan fingerprint density at radius 1 is 1.07 bits per heavy atom. The van der Waals surface area contributed by atoms with E-state index >= 15 is 0 Å². The maximum atomic E-state index is 13.1. The number of likely N-dealkylation sites (N-methyl/N-ethyl adjacent to an activating group) is 2. The van der Waals surface area contributed by atoms with Crippen molar-refractivity contribution in [1.29, 1.82) is 0 Å². The van der Waals surface area contributed by atoms with Crippen LogP contribution < -0.4 is 15.4 Å². The van der Waals surface area contributed by atoms with Gasteiger partial charge >= 0.3 is 0 Å². The number of carbonyl (C=O) groups is 1. The van der Waals surface area contributed by atoms with Gasteiger partial charge < -0.3 is 14.7 Å². The first-order chi connectivity index (χ1) is 13.5. The first kappa shape index (κ1) is 17.4. The second-order valence-electron chi connectivity index (χ2n) is 8.25. The molecule has 2 aromatic rings. The molecule has 1 aromatic heterocycles. The van der Waals surface area contributed by atoms with E-state index in [-0.39, 0.29) is 11.5 Å². The molecule has 1 fully saturated rings. The predicted octanol–water partition coefficient (Wildman–Crippen LogP) is 1.27. The summed E-state index contributed by atoms with van der Waals surface area (Å²) in [6, 6.07) is 8.10. The minimum Gasteiger partial charge on any atom is -0.342 e. The van der Waals surface area contributed by atoms with Crippen LogP contribution in [-0.2, 0) is 23.2 Å². The van der Waals surface area contributed by atoms with Crippen molar-refractivity contribution in [1.82, 2.24) is 14.9 Å². The number of anilines is 2. The Hall–Kier alpha value is -2.67. The average Bonchev–Trinajstić information content (AvgIpc) is 2.91. The highest BCUT2D eigenvalue weighted by Gasteiger charge is 2.51. The summed E-state index contributed by atoms with van der Waals surface area (Å²) in [7, 11) is 3.91. The fraction of sp³-hybridized carbons (Fsp3) is 0.476. The number of benzene rings is 1. The van der Waals surface area contributed by atoms with Crippen LogP contribution in [0, 0.1) is 0 Å². The molecular weight excluding hydrogens is 354 g/mol. The van der Waals surface area contributed by atoms with E-state index in [1.54, 1.807) is 4.90 Å². The number of fused-ring (bicyclic) bond motifs is 3. The number of hydrogen-bond donors (Lipinski definition) is 1. The monoisotopic (exact) mass is 379 g/mol. The number of hydrogen-bond acceptors (Lipinski definition) is 5. The lowest BCUT2D eigenvalue weighted by atomic mass is 9.73. The van der Waals surface area contributed by atoms with Crippen LogP contribution in [0.2, 0.25) is 0 Å². The highest BCUT2D eigenvalue weighted by atomic mass is 16.2. The molecule has 0 unspecified atom stereocenters. The Morgan fingerprint density at radius 3 is 2.61 bits per heavy atom. The first-order valence-corrected chi connectivity index (χ1v) is 9.93.